The third-order valence-electron chi connectivity index (χ3n) is 5.01. The van der Waals surface area contributed by atoms with E-state index in [1.165, 1.54) is 12.3 Å². The van der Waals surface area contributed by atoms with Crippen molar-refractivity contribution in [2.75, 3.05) is 0 Å². The molecule has 0 amide bonds. The highest BCUT2D eigenvalue weighted by atomic mass is 79.9. The van der Waals surface area contributed by atoms with E-state index in [1.807, 2.05) is 30.3 Å². The predicted octanol–water partition coefficient (Wildman–Crippen LogP) is 6.85. The van der Waals surface area contributed by atoms with E-state index in [1.54, 1.807) is 12.1 Å². The molecule has 4 rings (SSSR count). The van der Waals surface area contributed by atoms with Crippen molar-refractivity contribution in [2.24, 2.45) is 0 Å². The SMILES string of the molecule is O=S(=O)(c1cc(Oc2c(Cl)cc(Br)cc2Cl)ncc1OCc1ccccc1)C1CCC1. The van der Waals surface area contributed by atoms with Gasteiger partial charge in [-0.3, -0.25) is 0 Å². The van der Waals surface area contributed by atoms with E-state index in [2.05, 4.69) is 20.9 Å². The highest BCUT2D eigenvalue weighted by Gasteiger charge is 2.35. The summed E-state index contributed by atoms with van der Waals surface area (Å²) in [5, 5.41) is 0.115. The van der Waals surface area contributed by atoms with Crippen molar-refractivity contribution in [1.29, 1.82) is 0 Å². The van der Waals surface area contributed by atoms with E-state index < -0.39 is 15.1 Å². The lowest BCUT2D eigenvalue weighted by Gasteiger charge is -2.26. The Morgan fingerprint density at radius 1 is 1.06 bits per heavy atom. The van der Waals surface area contributed by atoms with Gasteiger partial charge in [-0.1, -0.05) is 75.9 Å². The Morgan fingerprint density at radius 2 is 1.74 bits per heavy atom. The largest absolute Gasteiger partial charge is 0.486 e. The summed E-state index contributed by atoms with van der Waals surface area (Å²) in [4.78, 5) is 4.29. The average Bonchev–Trinajstić information content (AvgIpc) is 2.68. The molecule has 1 saturated carbocycles. The summed E-state index contributed by atoms with van der Waals surface area (Å²) in [6.07, 6.45) is 3.51. The topological polar surface area (TPSA) is 65.5 Å². The van der Waals surface area contributed by atoms with Gasteiger partial charge < -0.3 is 9.47 Å². The molecule has 1 aromatic heterocycles. The van der Waals surface area contributed by atoms with Gasteiger partial charge in [0.2, 0.25) is 5.88 Å². The molecule has 1 heterocycles. The monoisotopic (exact) mass is 541 g/mol. The Bertz CT molecular complexity index is 1180. The van der Waals surface area contributed by atoms with Crippen LogP contribution in [0.3, 0.4) is 0 Å². The third kappa shape index (κ3) is 5.00. The summed E-state index contributed by atoms with van der Waals surface area (Å²) in [5.74, 6) is 0.455. The van der Waals surface area contributed by atoms with Gasteiger partial charge in [0.1, 0.15) is 11.5 Å². The van der Waals surface area contributed by atoms with Gasteiger partial charge in [0, 0.05) is 10.5 Å². The van der Waals surface area contributed by atoms with E-state index in [0.717, 1.165) is 12.0 Å². The van der Waals surface area contributed by atoms with Gasteiger partial charge in [-0.15, -0.1) is 0 Å². The number of halogens is 3. The molecule has 0 aliphatic heterocycles. The number of sulfone groups is 1. The zero-order valence-corrected chi connectivity index (χ0v) is 20.1. The fourth-order valence-corrected chi connectivity index (χ4v) is 6.38. The summed E-state index contributed by atoms with van der Waals surface area (Å²) in [5.41, 5.74) is 0.920. The van der Waals surface area contributed by atoms with Gasteiger partial charge in [-0.05, 0) is 30.5 Å². The number of pyridine rings is 1. The van der Waals surface area contributed by atoms with Crippen molar-refractivity contribution in [2.45, 2.75) is 36.0 Å². The highest BCUT2D eigenvalue weighted by Crippen LogP contribution is 2.41. The summed E-state index contributed by atoms with van der Waals surface area (Å²) >= 11 is 15.8. The second kappa shape index (κ2) is 9.36. The molecule has 0 radical (unpaired) electrons. The number of hydrogen-bond donors (Lipinski definition) is 0. The normalized spacial score (nSPS) is 14.2. The van der Waals surface area contributed by atoms with Crippen molar-refractivity contribution in [3.8, 4) is 17.4 Å². The fourth-order valence-electron chi connectivity index (χ4n) is 3.12. The van der Waals surface area contributed by atoms with E-state index in [-0.39, 0.29) is 38.9 Å². The van der Waals surface area contributed by atoms with Crippen LogP contribution in [0.4, 0.5) is 0 Å². The summed E-state index contributed by atoms with van der Waals surface area (Å²) in [6, 6.07) is 14.1. The molecule has 5 nitrogen and oxygen atoms in total. The van der Waals surface area contributed by atoms with Crippen LogP contribution in [0, 0.1) is 0 Å². The number of rotatable bonds is 7. The number of benzene rings is 2. The van der Waals surface area contributed by atoms with E-state index in [4.69, 9.17) is 32.7 Å². The predicted molar refractivity (Wildman–Crippen MR) is 124 cm³/mol. The van der Waals surface area contributed by atoms with Crippen molar-refractivity contribution < 1.29 is 17.9 Å². The first-order chi connectivity index (χ1) is 14.8. The quantitative estimate of drug-likeness (QED) is 0.326. The van der Waals surface area contributed by atoms with Crippen LogP contribution in [-0.2, 0) is 16.4 Å². The smallest absolute Gasteiger partial charge is 0.220 e. The first-order valence-corrected chi connectivity index (χ1v) is 12.7. The Morgan fingerprint density at radius 3 is 2.35 bits per heavy atom. The molecule has 0 spiro atoms. The molecule has 0 N–H and O–H groups in total. The molecule has 0 saturated heterocycles. The fraction of sp³-hybridized carbons (Fsp3) is 0.227. The molecule has 1 aliphatic carbocycles. The summed E-state index contributed by atoms with van der Waals surface area (Å²) in [7, 11) is -3.60. The number of nitrogens with zero attached hydrogens (tertiary/aromatic N) is 1. The van der Waals surface area contributed by atoms with E-state index in [9.17, 15) is 8.42 Å². The second-order valence-corrected chi connectivity index (χ2v) is 11.1. The first-order valence-electron chi connectivity index (χ1n) is 9.57. The van der Waals surface area contributed by atoms with Crippen LogP contribution in [0.5, 0.6) is 17.4 Å². The molecular formula is C22H18BrCl2NO4S. The minimum Gasteiger partial charge on any atom is -0.486 e. The van der Waals surface area contributed by atoms with Gasteiger partial charge in [0.25, 0.3) is 0 Å². The van der Waals surface area contributed by atoms with Gasteiger partial charge in [-0.2, -0.15) is 0 Å². The Kier molecular flexibility index (Phi) is 6.77. The number of aromatic nitrogens is 1. The minimum atomic E-state index is -3.60. The molecule has 0 bridgehead atoms. The van der Waals surface area contributed by atoms with Crippen LogP contribution < -0.4 is 9.47 Å². The summed E-state index contributed by atoms with van der Waals surface area (Å²) in [6.45, 7) is 0.222. The molecule has 162 valence electrons. The lowest BCUT2D eigenvalue weighted by Crippen LogP contribution is -2.28. The minimum absolute atomic E-state index is 0.0579. The molecule has 1 fully saturated rings. The van der Waals surface area contributed by atoms with E-state index >= 15 is 0 Å². The maximum Gasteiger partial charge on any atom is 0.220 e. The maximum absolute atomic E-state index is 13.2. The Labute approximate surface area is 199 Å². The molecule has 0 unspecified atom stereocenters. The summed E-state index contributed by atoms with van der Waals surface area (Å²) < 4.78 is 38.7. The third-order valence-corrected chi connectivity index (χ3v) is 8.31. The number of ether oxygens (including phenoxy) is 2. The molecule has 0 atom stereocenters. The molecular weight excluding hydrogens is 525 g/mol. The van der Waals surface area contributed by atoms with Crippen LogP contribution >= 0.6 is 39.1 Å². The lowest BCUT2D eigenvalue weighted by atomic mass is 10.00. The van der Waals surface area contributed by atoms with Crippen molar-refractivity contribution in [3.63, 3.8) is 0 Å². The van der Waals surface area contributed by atoms with Crippen molar-refractivity contribution in [3.05, 3.63) is 74.8 Å². The second-order valence-electron chi connectivity index (χ2n) is 7.14. The molecule has 2 aromatic carbocycles. The van der Waals surface area contributed by atoms with Crippen LogP contribution in [-0.4, -0.2) is 18.7 Å². The van der Waals surface area contributed by atoms with Crippen LogP contribution in [0.1, 0.15) is 24.8 Å². The van der Waals surface area contributed by atoms with Gasteiger partial charge in [0.15, 0.2) is 21.3 Å². The van der Waals surface area contributed by atoms with Crippen LogP contribution in [0.2, 0.25) is 10.0 Å². The lowest BCUT2D eigenvalue weighted by molar-refractivity contribution is 0.294. The number of hydrogen-bond acceptors (Lipinski definition) is 5. The molecule has 9 heteroatoms. The Balaban J connectivity index is 1.68. The first kappa shape index (κ1) is 22.4. The molecule has 3 aromatic rings. The zero-order valence-electron chi connectivity index (χ0n) is 16.2. The molecule has 31 heavy (non-hydrogen) atoms. The molecule has 1 aliphatic rings. The zero-order chi connectivity index (χ0) is 22.0. The highest BCUT2D eigenvalue weighted by molar-refractivity contribution is 9.10. The Hall–Kier alpha value is -1.80. The van der Waals surface area contributed by atoms with E-state index in [0.29, 0.717) is 17.3 Å². The van der Waals surface area contributed by atoms with Gasteiger partial charge in [0.05, 0.1) is 21.5 Å². The average molecular weight is 543 g/mol. The van der Waals surface area contributed by atoms with Gasteiger partial charge >= 0.3 is 0 Å². The van der Waals surface area contributed by atoms with Gasteiger partial charge in [-0.25, -0.2) is 13.4 Å². The standard InChI is InChI=1S/C22H18BrCl2NO4S/c23-15-9-17(24)22(18(25)10-15)30-21-11-20(31(27,28)16-7-4-8-16)19(12-26-21)29-13-14-5-2-1-3-6-14/h1-3,5-6,9-12,16H,4,7-8,13H2. The van der Waals surface area contributed by atoms with Crippen molar-refractivity contribution in [1.82, 2.24) is 4.98 Å². The van der Waals surface area contributed by atoms with Crippen LogP contribution in [0.15, 0.2) is 64.1 Å². The van der Waals surface area contributed by atoms with Crippen LogP contribution in [0.25, 0.3) is 0 Å². The maximum atomic E-state index is 13.2. The van der Waals surface area contributed by atoms with Crippen molar-refractivity contribution >= 4 is 49.0 Å².